The van der Waals surface area contributed by atoms with Crippen LogP contribution in [0.3, 0.4) is 0 Å². The largest absolute Gasteiger partial charge is 0.513 e. The second-order valence-electron chi connectivity index (χ2n) is 4.59. The summed E-state index contributed by atoms with van der Waals surface area (Å²) in [5.74, 6) is -0.857. The summed E-state index contributed by atoms with van der Waals surface area (Å²) in [6, 6.07) is 3.18. The lowest BCUT2D eigenvalue weighted by molar-refractivity contribution is 0.0695. The Morgan fingerprint density at radius 2 is 1.55 bits per heavy atom. The predicted molar refractivity (Wildman–Crippen MR) is 82.9 cm³/mol. The zero-order valence-electron chi connectivity index (χ0n) is 11.7. The molecule has 0 saturated carbocycles. The lowest BCUT2D eigenvalue weighted by atomic mass is 9.95. The topological polar surface area (TPSA) is 57.5 Å². The molecule has 3 nitrogen and oxygen atoms in total. The van der Waals surface area contributed by atoms with Crippen molar-refractivity contribution < 1.29 is 15.0 Å². The standard InChI is InChI=1S/C17H18O3/c1-10(2)14(7-6-11(3)18)15-8-9-16(17(19)20)13(5)12(15)4/h6-9,18H,1,4-5H2,2-3H3,(H,19,20)/b11-6-,14-7+. The Labute approximate surface area is 118 Å². The van der Waals surface area contributed by atoms with E-state index in [0.29, 0.717) is 10.4 Å². The molecule has 0 aromatic heterocycles. The van der Waals surface area contributed by atoms with Gasteiger partial charge >= 0.3 is 5.97 Å². The second-order valence-corrected chi connectivity index (χ2v) is 4.59. The van der Waals surface area contributed by atoms with E-state index in [4.69, 9.17) is 5.11 Å². The number of carboxylic acid groups (broad SMARTS) is 1. The molecule has 104 valence electrons. The van der Waals surface area contributed by atoms with Gasteiger partial charge < -0.3 is 10.2 Å². The third-order valence-electron chi connectivity index (χ3n) is 2.90. The molecule has 0 radical (unpaired) electrons. The molecule has 0 aliphatic rings. The zero-order valence-corrected chi connectivity index (χ0v) is 11.7. The molecular formula is C17H18O3. The van der Waals surface area contributed by atoms with E-state index in [1.165, 1.54) is 6.07 Å². The fourth-order valence-electron chi connectivity index (χ4n) is 1.81. The van der Waals surface area contributed by atoms with Crippen LogP contribution in [-0.4, -0.2) is 16.2 Å². The molecule has 0 spiro atoms. The average Bonchev–Trinajstić information content (AvgIpc) is 2.33. The summed E-state index contributed by atoms with van der Waals surface area (Å²) in [7, 11) is 0. The van der Waals surface area contributed by atoms with Gasteiger partial charge in [-0.05, 0) is 47.6 Å². The highest BCUT2D eigenvalue weighted by molar-refractivity contribution is 5.89. The van der Waals surface area contributed by atoms with Gasteiger partial charge in [0.2, 0.25) is 0 Å². The van der Waals surface area contributed by atoms with E-state index in [1.54, 1.807) is 25.1 Å². The van der Waals surface area contributed by atoms with Crippen LogP contribution < -0.4 is 10.4 Å². The number of carbonyl (C=O) groups is 1. The number of aliphatic hydroxyl groups excluding tert-OH is 1. The van der Waals surface area contributed by atoms with Gasteiger partial charge in [0.05, 0.1) is 11.3 Å². The number of hydrogen-bond donors (Lipinski definition) is 2. The predicted octanol–water partition coefficient (Wildman–Crippen LogP) is 2.63. The van der Waals surface area contributed by atoms with Crippen molar-refractivity contribution in [2.24, 2.45) is 0 Å². The Balaban J connectivity index is 3.57. The quantitative estimate of drug-likeness (QED) is 0.653. The molecule has 3 heteroatoms. The number of aromatic carboxylic acids is 1. The van der Waals surface area contributed by atoms with E-state index in [1.807, 2.05) is 6.92 Å². The van der Waals surface area contributed by atoms with E-state index in [2.05, 4.69) is 19.7 Å². The maximum absolute atomic E-state index is 11.1. The van der Waals surface area contributed by atoms with Crippen molar-refractivity contribution in [3.05, 3.63) is 63.8 Å². The average molecular weight is 270 g/mol. The Kier molecular flexibility index (Phi) is 4.70. The van der Waals surface area contributed by atoms with Crippen LogP contribution in [0.4, 0.5) is 0 Å². The number of benzene rings is 1. The van der Waals surface area contributed by atoms with Crippen molar-refractivity contribution in [2.75, 3.05) is 0 Å². The summed E-state index contributed by atoms with van der Waals surface area (Å²) < 4.78 is 0. The molecule has 0 aliphatic heterocycles. The minimum Gasteiger partial charge on any atom is -0.513 e. The molecule has 0 unspecified atom stereocenters. The van der Waals surface area contributed by atoms with Crippen LogP contribution in [0.1, 0.15) is 29.8 Å². The van der Waals surface area contributed by atoms with Gasteiger partial charge in [-0.2, -0.15) is 0 Å². The Bertz CT molecular complexity index is 717. The maximum atomic E-state index is 11.1. The first-order valence-corrected chi connectivity index (χ1v) is 6.03. The summed E-state index contributed by atoms with van der Waals surface area (Å²) >= 11 is 0. The Hall–Kier alpha value is -2.55. The van der Waals surface area contributed by atoms with Crippen LogP contribution >= 0.6 is 0 Å². The first-order valence-electron chi connectivity index (χ1n) is 6.03. The molecule has 20 heavy (non-hydrogen) atoms. The number of rotatable bonds is 4. The molecule has 1 aromatic carbocycles. The van der Waals surface area contributed by atoms with Gasteiger partial charge in [0.15, 0.2) is 0 Å². The van der Waals surface area contributed by atoms with Gasteiger partial charge in [-0.3, -0.25) is 0 Å². The summed E-state index contributed by atoms with van der Waals surface area (Å²) in [6.07, 6.45) is 3.28. The van der Waals surface area contributed by atoms with Crippen molar-refractivity contribution in [1.82, 2.24) is 0 Å². The van der Waals surface area contributed by atoms with E-state index in [-0.39, 0.29) is 11.3 Å². The van der Waals surface area contributed by atoms with Gasteiger partial charge in [-0.25, -0.2) is 4.79 Å². The van der Waals surface area contributed by atoms with Crippen molar-refractivity contribution in [2.45, 2.75) is 13.8 Å². The van der Waals surface area contributed by atoms with Crippen LogP contribution in [0.5, 0.6) is 0 Å². The second kappa shape index (κ2) is 6.06. The highest BCUT2D eigenvalue weighted by atomic mass is 16.4. The molecule has 0 amide bonds. The maximum Gasteiger partial charge on any atom is 0.336 e. The minimum absolute atomic E-state index is 0.133. The van der Waals surface area contributed by atoms with Crippen molar-refractivity contribution in [3.63, 3.8) is 0 Å². The van der Waals surface area contributed by atoms with Crippen molar-refractivity contribution in [1.29, 1.82) is 0 Å². The molecule has 0 atom stereocenters. The van der Waals surface area contributed by atoms with Gasteiger partial charge in [0.1, 0.15) is 0 Å². The van der Waals surface area contributed by atoms with E-state index < -0.39 is 5.97 Å². The molecule has 0 bridgehead atoms. The van der Waals surface area contributed by atoms with Gasteiger partial charge in [0, 0.05) is 0 Å². The van der Waals surface area contributed by atoms with Crippen molar-refractivity contribution >= 4 is 24.7 Å². The van der Waals surface area contributed by atoms with E-state index in [9.17, 15) is 9.90 Å². The van der Waals surface area contributed by atoms with Crippen LogP contribution in [0.15, 0.2) is 42.2 Å². The lowest BCUT2D eigenvalue weighted by Gasteiger charge is -2.09. The fourth-order valence-corrected chi connectivity index (χ4v) is 1.81. The monoisotopic (exact) mass is 270 g/mol. The molecule has 2 N–H and O–H groups in total. The number of hydrogen-bond acceptors (Lipinski definition) is 2. The SMILES string of the molecule is C=C(C)/C(=C\C=C(\C)O)c1ccc(C(=O)O)c(=C)c1=C. The zero-order chi connectivity index (χ0) is 15.4. The number of aliphatic hydroxyl groups is 1. The molecular weight excluding hydrogens is 252 g/mol. The summed E-state index contributed by atoms with van der Waals surface area (Å²) in [4.78, 5) is 11.1. The van der Waals surface area contributed by atoms with Gasteiger partial charge in [-0.1, -0.05) is 37.5 Å². The van der Waals surface area contributed by atoms with E-state index in [0.717, 1.165) is 16.7 Å². The molecule has 0 aliphatic carbocycles. The molecule has 0 fully saturated rings. The minimum atomic E-state index is -1.03. The Morgan fingerprint density at radius 3 is 2.00 bits per heavy atom. The van der Waals surface area contributed by atoms with Crippen LogP contribution in [-0.2, 0) is 0 Å². The lowest BCUT2D eigenvalue weighted by Crippen LogP contribution is -2.31. The normalized spacial score (nSPS) is 12.3. The fraction of sp³-hybridized carbons (Fsp3) is 0.118. The van der Waals surface area contributed by atoms with Gasteiger partial charge in [-0.15, -0.1) is 0 Å². The molecule has 1 aromatic rings. The number of allylic oxidation sites excluding steroid dienone is 5. The van der Waals surface area contributed by atoms with Crippen molar-refractivity contribution in [3.8, 4) is 0 Å². The summed E-state index contributed by atoms with van der Waals surface area (Å²) in [5, 5.41) is 19.2. The third kappa shape index (κ3) is 3.26. The summed E-state index contributed by atoms with van der Waals surface area (Å²) in [5.41, 5.74) is 2.46. The highest BCUT2D eigenvalue weighted by Gasteiger charge is 2.09. The molecule has 0 heterocycles. The molecule has 1 rings (SSSR count). The van der Waals surface area contributed by atoms with Gasteiger partial charge in [0.25, 0.3) is 0 Å². The van der Waals surface area contributed by atoms with E-state index >= 15 is 0 Å². The third-order valence-corrected chi connectivity index (χ3v) is 2.90. The van der Waals surface area contributed by atoms with Crippen LogP contribution in [0.2, 0.25) is 0 Å². The smallest absolute Gasteiger partial charge is 0.336 e. The highest BCUT2D eigenvalue weighted by Crippen LogP contribution is 2.18. The number of carboxylic acids is 1. The first-order chi connectivity index (χ1) is 9.25. The molecule has 0 saturated heterocycles. The summed E-state index contributed by atoms with van der Waals surface area (Å²) in [6.45, 7) is 15.0. The van der Waals surface area contributed by atoms with Crippen LogP contribution in [0, 0.1) is 0 Å². The first kappa shape index (κ1) is 15.5. The van der Waals surface area contributed by atoms with Crippen LogP contribution in [0.25, 0.3) is 18.7 Å². The Morgan fingerprint density at radius 1 is 1.05 bits per heavy atom.